The van der Waals surface area contributed by atoms with Crippen LogP contribution in [-0.2, 0) is 0 Å². The van der Waals surface area contributed by atoms with Crippen LogP contribution in [0, 0.1) is 0 Å². The Morgan fingerprint density at radius 3 is 2.50 bits per heavy atom. The second-order valence-corrected chi connectivity index (χ2v) is 7.64. The summed E-state index contributed by atoms with van der Waals surface area (Å²) in [6.07, 6.45) is 0. The van der Waals surface area contributed by atoms with E-state index in [2.05, 4.69) is 10.2 Å². The van der Waals surface area contributed by atoms with Gasteiger partial charge in [-0.15, -0.1) is 0 Å². The standard InChI is InChI=1S/C25H24N4O3/c1-31-19-8-6-7-18(17-19)26-25(30)29-15-13-28(14-16-29)24-20-9-2-4-11-22(20)32-23-12-5-3-10-21(23)27-24/h2-12,17H,13-16H2,1H3,(H,26,30). The molecule has 0 saturated carbocycles. The lowest BCUT2D eigenvalue weighted by molar-refractivity contribution is 0.181. The van der Waals surface area contributed by atoms with E-state index < -0.39 is 0 Å². The van der Waals surface area contributed by atoms with Crippen molar-refractivity contribution in [1.29, 1.82) is 0 Å². The number of amidine groups is 1. The van der Waals surface area contributed by atoms with E-state index in [0.29, 0.717) is 37.6 Å². The maximum Gasteiger partial charge on any atom is 0.321 e. The van der Waals surface area contributed by atoms with Gasteiger partial charge in [0.15, 0.2) is 5.75 Å². The summed E-state index contributed by atoms with van der Waals surface area (Å²) in [7, 11) is 1.61. The van der Waals surface area contributed by atoms with Crippen molar-refractivity contribution >= 4 is 23.2 Å². The normalized spacial score (nSPS) is 15.0. The van der Waals surface area contributed by atoms with Gasteiger partial charge in [-0.25, -0.2) is 9.79 Å². The highest BCUT2D eigenvalue weighted by molar-refractivity contribution is 6.04. The van der Waals surface area contributed by atoms with Crippen LogP contribution >= 0.6 is 0 Å². The Balaban J connectivity index is 1.32. The van der Waals surface area contributed by atoms with Crippen molar-refractivity contribution in [3.05, 3.63) is 78.4 Å². The topological polar surface area (TPSA) is 66.4 Å². The predicted molar refractivity (Wildman–Crippen MR) is 124 cm³/mol. The van der Waals surface area contributed by atoms with Crippen molar-refractivity contribution in [1.82, 2.24) is 9.80 Å². The first kappa shape index (κ1) is 19.9. The minimum absolute atomic E-state index is 0.116. The van der Waals surface area contributed by atoms with Gasteiger partial charge in [0.05, 0.1) is 12.7 Å². The summed E-state index contributed by atoms with van der Waals surface area (Å²) in [6, 6.07) is 23.0. The molecule has 7 heteroatoms. The van der Waals surface area contributed by atoms with Gasteiger partial charge >= 0.3 is 6.03 Å². The Morgan fingerprint density at radius 2 is 1.69 bits per heavy atom. The molecule has 0 atom stereocenters. The molecular weight excluding hydrogens is 404 g/mol. The third-order valence-corrected chi connectivity index (χ3v) is 5.63. The van der Waals surface area contributed by atoms with Gasteiger partial charge in [0.2, 0.25) is 0 Å². The number of carbonyl (C=O) groups is 1. The van der Waals surface area contributed by atoms with Gasteiger partial charge in [-0.3, -0.25) is 0 Å². The zero-order chi connectivity index (χ0) is 21.9. The molecule has 0 unspecified atom stereocenters. The molecule has 0 aliphatic carbocycles. The summed E-state index contributed by atoms with van der Waals surface area (Å²) < 4.78 is 11.4. The lowest BCUT2D eigenvalue weighted by Gasteiger charge is -2.36. The minimum atomic E-state index is -0.116. The monoisotopic (exact) mass is 428 g/mol. The molecule has 5 rings (SSSR count). The zero-order valence-electron chi connectivity index (χ0n) is 17.8. The maximum absolute atomic E-state index is 12.8. The number of methoxy groups -OCH3 is 1. The molecule has 1 saturated heterocycles. The van der Waals surface area contributed by atoms with Crippen molar-refractivity contribution < 1.29 is 14.3 Å². The molecule has 2 heterocycles. The summed E-state index contributed by atoms with van der Waals surface area (Å²) in [5.41, 5.74) is 2.47. The number of nitrogens with zero attached hydrogens (tertiary/aromatic N) is 3. The van der Waals surface area contributed by atoms with E-state index in [1.54, 1.807) is 7.11 Å². The largest absolute Gasteiger partial charge is 0.497 e. The number of hydrogen-bond donors (Lipinski definition) is 1. The molecule has 0 aromatic heterocycles. The number of para-hydroxylation sites is 3. The average molecular weight is 428 g/mol. The molecule has 162 valence electrons. The van der Waals surface area contributed by atoms with Crippen molar-refractivity contribution in [3.8, 4) is 17.2 Å². The van der Waals surface area contributed by atoms with Crippen LogP contribution in [0.5, 0.6) is 17.2 Å². The fourth-order valence-electron chi connectivity index (χ4n) is 3.93. The number of ether oxygens (including phenoxy) is 2. The molecule has 2 aliphatic heterocycles. The number of urea groups is 1. The van der Waals surface area contributed by atoms with E-state index in [1.165, 1.54) is 0 Å². The molecule has 0 spiro atoms. The Kier molecular flexibility index (Phi) is 5.37. The molecule has 0 bridgehead atoms. The van der Waals surface area contributed by atoms with Crippen molar-refractivity contribution in [2.45, 2.75) is 0 Å². The van der Waals surface area contributed by atoms with Crippen LogP contribution in [0.15, 0.2) is 77.8 Å². The minimum Gasteiger partial charge on any atom is -0.497 e. The number of rotatable bonds is 2. The molecule has 7 nitrogen and oxygen atoms in total. The second-order valence-electron chi connectivity index (χ2n) is 7.64. The van der Waals surface area contributed by atoms with E-state index >= 15 is 0 Å². The van der Waals surface area contributed by atoms with Crippen molar-refractivity contribution in [2.75, 3.05) is 38.6 Å². The van der Waals surface area contributed by atoms with E-state index in [4.69, 9.17) is 14.5 Å². The van der Waals surface area contributed by atoms with Gasteiger partial charge in [-0.05, 0) is 36.4 Å². The fourth-order valence-corrected chi connectivity index (χ4v) is 3.93. The van der Waals surface area contributed by atoms with Crippen LogP contribution in [0.4, 0.5) is 16.2 Å². The molecule has 3 aromatic carbocycles. The third kappa shape index (κ3) is 3.97. The summed E-state index contributed by atoms with van der Waals surface area (Å²) in [4.78, 5) is 21.8. The highest BCUT2D eigenvalue weighted by Gasteiger charge is 2.27. The lowest BCUT2D eigenvalue weighted by Crippen LogP contribution is -2.51. The van der Waals surface area contributed by atoms with Crippen LogP contribution in [0.2, 0.25) is 0 Å². The third-order valence-electron chi connectivity index (χ3n) is 5.63. The van der Waals surface area contributed by atoms with Gasteiger partial charge in [-0.2, -0.15) is 0 Å². The van der Waals surface area contributed by atoms with E-state index in [-0.39, 0.29) is 6.03 Å². The van der Waals surface area contributed by atoms with Crippen LogP contribution in [0.25, 0.3) is 0 Å². The fraction of sp³-hybridized carbons (Fsp3) is 0.200. The van der Waals surface area contributed by atoms with Crippen molar-refractivity contribution in [2.24, 2.45) is 4.99 Å². The van der Waals surface area contributed by atoms with Gasteiger partial charge in [-0.1, -0.05) is 30.3 Å². The molecule has 32 heavy (non-hydrogen) atoms. The first-order chi connectivity index (χ1) is 15.7. The predicted octanol–water partition coefficient (Wildman–Crippen LogP) is 4.73. The first-order valence-electron chi connectivity index (χ1n) is 10.6. The van der Waals surface area contributed by atoms with Gasteiger partial charge < -0.3 is 24.6 Å². The molecular formula is C25H24N4O3. The van der Waals surface area contributed by atoms with Crippen LogP contribution in [0.3, 0.4) is 0 Å². The first-order valence-corrected chi connectivity index (χ1v) is 10.6. The van der Waals surface area contributed by atoms with Crippen LogP contribution in [-0.4, -0.2) is 55.0 Å². The number of hydrogen-bond acceptors (Lipinski definition) is 5. The van der Waals surface area contributed by atoms with Crippen molar-refractivity contribution in [3.63, 3.8) is 0 Å². The number of fused-ring (bicyclic) bond motifs is 2. The summed E-state index contributed by atoms with van der Waals surface area (Å²) in [5, 5.41) is 2.96. The molecule has 1 N–H and O–H groups in total. The number of piperazine rings is 1. The molecule has 3 aromatic rings. The van der Waals surface area contributed by atoms with E-state index in [0.717, 1.165) is 28.6 Å². The Hall–Kier alpha value is -4.00. The number of carbonyl (C=O) groups excluding carboxylic acids is 1. The highest BCUT2D eigenvalue weighted by atomic mass is 16.5. The molecule has 1 fully saturated rings. The molecule has 0 radical (unpaired) electrons. The maximum atomic E-state index is 12.8. The van der Waals surface area contributed by atoms with Gasteiger partial charge in [0, 0.05) is 37.9 Å². The van der Waals surface area contributed by atoms with Crippen LogP contribution < -0.4 is 14.8 Å². The summed E-state index contributed by atoms with van der Waals surface area (Å²) >= 11 is 0. The number of anilines is 1. The SMILES string of the molecule is COc1cccc(NC(=O)N2CCN(C3=Nc4ccccc4Oc4ccccc43)CC2)c1. The van der Waals surface area contributed by atoms with E-state index in [1.807, 2.05) is 77.7 Å². The Morgan fingerprint density at radius 1 is 0.938 bits per heavy atom. The second kappa shape index (κ2) is 8.63. The quantitative estimate of drug-likeness (QED) is 0.641. The summed E-state index contributed by atoms with van der Waals surface area (Å²) in [5.74, 6) is 3.11. The molecule has 2 aliphatic rings. The number of nitrogens with one attached hydrogen (secondary N) is 1. The summed E-state index contributed by atoms with van der Waals surface area (Å²) in [6.45, 7) is 2.56. The molecule has 2 amide bonds. The van der Waals surface area contributed by atoms with Gasteiger partial charge in [0.25, 0.3) is 0 Å². The number of amides is 2. The Labute approximate surface area is 186 Å². The smallest absolute Gasteiger partial charge is 0.321 e. The van der Waals surface area contributed by atoms with Crippen LogP contribution in [0.1, 0.15) is 5.56 Å². The Bertz CT molecular complexity index is 1170. The van der Waals surface area contributed by atoms with E-state index in [9.17, 15) is 4.79 Å². The number of aliphatic imine (C=N–C) groups is 1. The lowest BCUT2D eigenvalue weighted by atomic mass is 10.1. The zero-order valence-corrected chi connectivity index (χ0v) is 17.8. The highest BCUT2D eigenvalue weighted by Crippen LogP contribution is 2.37. The average Bonchev–Trinajstić information content (AvgIpc) is 3.01. The number of benzene rings is 3. The van der Waals surface area contributed by atoms with Gasteiger partial charge in [0.1, 0.15) is 23.0 Å².